The van der Waals surface area contributed by atoms with E-state index in [0.29, 0.717) is 0 Å². The molecule has 2 amide bonds. The number of carbonyl (C=O) groups is 3. The zero-order valence-electron chi connectivity index (χ0n) is 15.8. The zero-order chi connectivity index (χ0) is 20.3. The average Bonchev–Trinajstić information content (AvgIpc) is 3.21. The van der Waals surface area contributed by atoms with E-state index in [2.05, 4.69) is 21.2 Å². The molecule has 150 valence electrons. The highest BCUT2D eigenvalue weighted by Crippen LogP contribution is 2.51. The molecule has 3 aliphatic rings. The van der Waals surface area contributed by atoms with Crippen molar-refractivity contribution in [2.75, 3.05) is 0 Å². The van der Waals surface area contributed by atoms with Gasteiger partial charge in [0.2, 0.25) is 11.8 Å². The molecule has 0 bridgehead atoms. The second kappa shape index (κ2) is 6.76. The molecule has 3 unspecified atom stereocenters. The molecule has 6 nitrogen and oxygen atoms in total. The van der Waals surface area contributed by atoms with Crippen molar-refractivity contribution in [2.24, 2.45) is 0 Å². The fourth-order valence-electron chi connectivity index (χ4n) is 4.84. The van der Waals surface area contributed by atoms with E-state index in [-0.39, 0.29) is 17.2 Å². The fraction of sp³-hybridized carbons (Fsp3) is 0.550. The lowest BCUT2D eigenvalue weighted by Crippen LogP contribution is -2.71. The van der Waals surface area contributed by atoms with Crippen LogP contribution in [0.1, 0.15) is 45.1 Å². The smallest absolute Gasteiger partial charge is 0.327 e. The standard InChI is InChI=1S/C20H23BrN2O4S/c1-19(2)14(17(25)26)23-15(24)13(16(23)28-19)22-18(27)20(8-3-4-9-20)11-6-5-7-12(21)10-11/h5-7,10,13-14,16H,3-4,8-9H2,1-2H3,(H,22,27)(H,25,26). The number of rotatable bonds is 4. The lowest BCUT2D eigenvalue weighted by molar-refractivity contribution is -0.161. The summed E-state index contributed by atoms with van der Waals surface area (Å²) in [6, 6.07) is 6.28. The van der Waals surface area contributed by atoms with Crippen LogP contribution >= 0.6 is 27.7 Å². The molecule has 1 aromatic rings. The minimum absolute atomic E-state index is 0.127. The molecule has 4 rings (SSSR count). The number of β-lactam (4-membered cyclic amide) rings is 1. The van der Waals surface area contributed by atoms with Crippen molar-refractivity contribution in [1.82, 2.24) is 10.2 Å². The van der Waals surface area contributed by atoms with Gasteiger partial charge in [0.05, 0.1) is 5.41 Å². The summed E-state index contributed by atoms with van der Waals surface area (Å²) < 4.78 is 0.327. The highest BCUT2D eigenvalue weighted by molar-refractivity contribution is 9.10. The molecule has 8 heteroatoms. The predicted octanol–water partition coefficient (Wildman–Crippen LogP) is 2.89. The maximum Gasteiger partial charge on any atom is 0.327 e. The summed E-state index contributed by atoms with van der Waals surface area (Å²) in [6.45, 7) is 3.67. The molecule has 0 spiro atoms. The minimum Gasteiger partial charge on any atom is -0.480 e. The van der Waals surface area contributed by atoms with E-state index in [1.807, 2.05) is 38.1 Å². The van der Waals surface area contributed by atoms with E-state index in [4.69, 9.17) is 0 Å². The largest absolute Gasteiger partial charge is 0.480 e. The Morgan fingerprint density at radius 2 is 1.96 bits per heavy atom. The van der Waals surface area contributed by atoms with Crippen molar-refractivity contribution in [3.05, 3.63) is 34.3 Å². The molecular weight excluding hydrogens is 444 g/mol. The minimum atomic E-state index is -1.00. The predicted molar refractivity (Wildman–Crippen MR) is 110 cm³/mol. The first-order valence-corrected chi connectivity index (χ1v) is 11.1. The first kappa shape index (κ1) is 19.8. The van der Waals surface area contributed by atoms with Crippen LogP contribution in [-0.4, -0.2) is 50.0 Å². The number of nitrogens with zero attached hydrogens (tertiary/aromatic N) is 1. The SMILES string of the molecule is CC1(C)SC2C(NC(=O)C3(c4cccc(Br)c4)CCCC3)C(=O)N2C1C(=O)O. The van der Waals surface area contributed by atoms with Crippen molar-refractivity contribution in [3.63, 3.8) is 0 Å². The Balaban J connectivity index is 1.57. The monoisotopic (exact) mass is 466 g/mol. The van der Waals surface area contributed by atoms with Gasteiger partial charge in [-0.05, 0) is 44.4 Å². The Morgan fingerprint density at radius 3 is 2.57 bits per heavy atom. The average molecular weight is 467 g/mol. The van der Waals surface area contributed by atoms with E-state index < -0.39 is 28.2 Å². The summed E-state index contributed by atoms with van der Waals surface area (Å²) in [5, 5.41) is 12.2. The van der Waals surface area contributed by atoms with Gasteiger partial charge in [-0.1, -0.05) is 40.9 Å². The quantitative estimate of drug-likeness (QED) is 0.666. The molecule has 2 saturated heterocycles. The van der Waals surface area contributed by atoms with Gasteiger partial charge in [0.15, 0.2) is 0 Å². The topological polar surface area (TPSA) is 86.7 Å². The van der Waals surface area contributed by atoms with Crippen LogP contribution in [0.3, 0.4) is 0 Å². The van der Waals surface area contributed by atoms with Crippen LogP contribution in [0, 0.1) is 0 Å². The molecule has 2 heterocycles. The zero-order valence-corrected chi connectivity index (χ0v) is 18.2. The van der Waals surface area contributed by atoms with E-state index in [9.17, 15) is 19.5 Å². The van der Waals surface area contributed by atoms with Crippen LogP contribution in [-0.2, 0) is 19.8 Å². The molecule has 0 radical (unpaired) electrons. The molecule has 3 atom stereocenters. The first-order chi connectivity index (χ1) is 13.2. The van der Waals surface area contributed by atoms with Crippen molar-refractivity contribution < 1.29 is 19.5 Å². The van der Waals surface area contributed by atoms with Gasteiger partial charge in [-0.3, -0.25) is 9.59 Å². The number of hydrogen-bond donors (Lipinski definition) is 2. The lowest BCUT2D eigenvalue weighted by atomic mass is 9.77. The van der Waals surface area contributed by atoms with Gasteiger partial charge in [0.25, 0.3) is 0 Å². The summed E-state index contributed by atoms with van der Waals surface area (Å²) in [5.41, 5.74) is 0.332. The summed E-state index contributed by atoms with van der Waals surface area (Å²) in [6.07, 6.45) is 3.44. The van der Waals surface area contributed by atoms with Gasteiger partial charge in [-0.15, -0.1) is 11.8 Å². The Morgan fingerprint density at radius 1 is 1.29 bits per heavy atom. The highest BCUT2D eigenvalue weighted by atomic mass is 79.9. The number of carboxylic acid groups (broad SMARTS) is 1. The number of nitrogens with one attached hydrogen (secondary N) is 1. The van der Waals surface area contributed by atoms with Gasteiger partial charge in [0, 0.05) is 9.22 Å². The van der Waals surface area contributed by atoms with E-state index in [0.717, 1.165) is 35.7 Å². The Kier molecular flexibility index (Phi) is 4.77. The fourth-order valence-corrected chi connectivity index (χ4v) is 6.86. The second-order valence-corrected chi connectivity index (χ2v) is 11.0. The van der Waals surface area contributed by atoms with Crippen molar-refractivity contribution in [2.45, 2.75) is 67.2 Å². The van der Waals surface area contributed by atoms with Crippen LogP contribution in [0.4, 0.5) is 0 Å². The first-order valence-electron chi connectivity index (χ1n) is 9.47. The van der Waals surface area contributed by atoms with Gasteiger partial charge in [0.1, 0.15) is 17.5 Å². The number of benzene rings is 1. The number of carbonyl (C=O) groups excluding carboxylic acids is 2. The Bertz CT molecular complexity index is 852. The number of carboxylic acids is 1. The molecular formula is C20H23BrN2O4S. The summed E-state index contributed by atoms with van der Waals surface area (Å²) in [5.74, 6) is -1.43. The summed E-state index contributed by atoms with van der Waals surface area (Å²) in [7, 11) is 0. The van der Waals surface area contributed by atoms with E-state index in [1.54, 1.807) is 0 Å². The maximum atomic E-state index is 13.4. The maximum absolute atomic E-state index is 13.4. The van der Waals surface area contributed by atoms with Crippen molar-refractivity contribution in [1.29, 1.82) is 0 Å². The third-order valence-corrected chi connectivity index (χ3v) is 8.30. The van der Waals surface area contributed by atoms with Crippen LogP contribution in [0.25, 0.3) is 0 Å². The Labute approximate surface area is 176 Å². The van der Waals surface area contributed by atoms with Gasteiger partial charge < -0.3 is 15.3 Å². The van der Waals surface area contributed by atoms with Crippen LogP contribution < -0.4 is 5.32 Å². The van der Waals surface area contributed by atoms with Crippen molar-refractivity contribution >= 4 is 45.5 Å². The summed E-state index contributed by atoms with van der Waals surface area (Å²) >= 11 is 4.94. The number of amides is 2. The van der Waals surface area contributed by atoms with Crippen molar-refractivity contribution in [3.8, 4) is 0 Å². The molecule has 3 fully saturated rings. The van der Waals surface area contributed by atoms with Crippen LogP contribution in [0.2, 0.25) is 0 Å². The number of halogens is 1. The molecule has 28 heavy (non-hydrogen) atoms. The third kappa shape index (κ3) is 2.87. The van der Waals surface area contributed by atoms with E-state index >= 15 is 0 Å². The second-order valence-electron chi connectivity index (χ2n) is 8.35. The Hall–Kier alpha value is -1.54. The van der Waals surface area contributed by atoms with E-state index in [1.165, 1.54) is 16.7 Å². The number of fused-ring (bicyclic) bond motifs is 1. The molecule has 1 saturated carbocycles. The highest BCUT2D eigenvalue weighted by Gasteiger charge is 2.64. The van der Waals surface area contributed by atoms with Gasteiger partial charge in [-0.2, -0.15) is 0 Å². The normalized spacial score (nSPS) is 29.9. The molecule has 1 aliphatic carbocycles. The van der Waals surface area contributed by atoms with Gasteiger partial charge >= 0.3 is 5.97 Å². The molecule has 1 aromatic carbocycles. The molecule has 2 aliphatic heterocycles. The molecule has 0 aromatic heterocycles. The third-order valence-electron chi connectivity index (χ3n) is 6.23. The van der Waals surface area contributed by atoms with Crippen LogP contribution in [0.15, 0.2) is 28.7 Å². The molecule has 2 N–H and O–H groups in total. The lowest BCUT2D eigenvalue weighted by Gasteiger charge is -2.44. The number of aliphatic carboxylic acids is 1. The summed E-state index contributed by atoms with van der Waals surface area (Å²) in [4.78, 5) is 39.2. The number of thioether (sulfide) groups is 1. The van der Waals surface area contributed by atoms with Gasteiger partial charge in [-0.25, -0.2) is 4.79 Å². The number of hydrogen-bond acceptors (Lipinski definition) is 4. The van der Waals surface area contributed by atoms with Crippen LogP contribution in [0.5, 0.6) is 0 Å².